The molecule has 2 rings (SSSR count). The van der Waals surface area contributed by atoms with Crippen molar-refractivity contribution >= 4 is 24.5 Å². The fourth-order valence-corrected chi connectivity index (χ4v) is 1.74. The van der Waals surface area contributed by atoms with Gasteiger partial charge in [0.15, 0.2) is 0 Å². The Labute approximate surface area is 123 Å². The molecule has 10 heteroatoms. The Morgan fingerprint density at radius 1 is 1.09 bits per heavy atom. The number of nitriles is 1. The van der Waals surface area contributed by atoms with Gasteiger partial charge in [0.05, 0.1) is 11.6 Å². The molecule has 0 aromatic heterocycles. The predicted octanol–water partition coefficient (Wildman–Crippen LogP) is 0.175. The topological polar surface area (TPSA) is 79.6 Å². The minimum absolute atomic E-state index is 0.237. The van der Waals surface area contributed by atoms with Crippen molar-refractivity contribution in [3.63, 3.8) is 0 Å². The van der Waals surface area contributed by atoms with Gasteiger partial charge in [-0.15, -0.1) is 0 Å². The van der Waals surface area contributed by atoms with Gasteiger partial charge >= 0.3 is 25.4 Å². The molecule has 0 spiro atoms. The minimum Gasteiger partial charge on any atom is -0.494 e. The first-order chi connectivity index (χ1) is 10.3. The lowest BCUT2D eigenvalue weighted by atomic mass is 9.78. The van der Waals surface area contributed by atoms with Gasteiger partial charge in [0.1, 0.15) is 13.1 Å². The van der Waals surface area contributed by atoms with Crippen LogP contribution in [0, 0.1) is 11.3 Å². The quantitative estimate of drug-likeness (QED) is 0.543. The molecule has 0 amide bonds. The van der Waals surface area contributed by atoms with Crippen molar-refractivity contribution in [1.82, 2.24) is 4.90 Å². The highest BCUT2D eigenvalue weighted by Gasteiger charge is 2.44. The summed E-state index contributed by atoms with van der Waals surface area (Å²) in [6.45, 7) is -2.21. The molecule has 0 radical (unpaired) electrons. The maximum atomic E-state index is 12.6. The summed E-state index contributed by atoms with van der Waals surface area (Å²) in [5, 5.41) is 8.68. The molecule has 22 heavy (non-hydrogen) atoms. The Bertz CT molecular complexity index is 607. The zero-order chi connectivity index (χ0) is 16.3. The number of hydrogen-bond donors (Lipinski definition) is 0. The lowest BCUT2D eigenvalue weighted by Gasteiger charge is -2.27. The molecule has 1 fully saturated rings. The Morgan fingerprint density at radius 3 is 2.00 bits per heavy atom. The van der Waals surface area contributed by atoms with Crippen molar-refractivity contribution in [2.75, 3.05) is 13.1 Å². The molecule has 1 aliphatic heterocycles. The van der Waals surface area contributed by atoms with Gasteiger partial charge in [-0.2, -0.15) is 23.3 Å². The average Bonchev–Trinajstić information content (AvgIpc) is 2.43. The highest BCUT2D eigenvalue weighted by Crippen LogP contribution is 2.21. The first kappa shape index (κ1) is 15.8. The fraction of sp³-hybridized carbons (Fsp3) is 0.250. The molecular formula is C12H8BF3N2O4. The van der Waals surface area contributed by atoms with E-state index in [9.17, 15) is 22.8 Å². The first-order valence-corrected chi connectivity index (χ1v) is 6.00. The maximum Gasteiger partial charge on any atom is 0.636 e. The van der Waals surface area contributed by atoms with Crippen molar-refractivity contribution in [3.05, 3.63) is 29.8 Å². The number of hydrogen-bond acceptors (Lipinski definition) is 6. The minimum atomic E-state index is -4.85. The average molecular weight is 312 g/mol. The molecule has 1 aromatic carbocycles. The van der Waals surface area contributed by atoms with Crippen molar-refractivity contribution in [2.24, 2.45) is 0 Å². The van der Waals surface area contributed by atoms with E-state index in [0.29, 0.717) is 5.56 Å². The molecule has 6 nitrogen and oxygen atoms in total. The molecular weight excluding hydrogens is 304 g/mol. The van der Waals surface area contributed by atoms with Crippen LogP contribution < -0.4 is 5.46 Å². The van der Waals surface area contributed by atoms with Crippen LogP contribution in [0.2, 0.25) is 0 Å². The fourth-order valence-electron chi connectivity index (χ4n) is 1.74. The molecule has 0 aliphatic carbocycles. The monoisotopic (exact) mass is 312 g/mol. The third-order valence-corrected chi connectivity index (χ3v) is 2.79. The second kappa shape index (κ2) is 6.07. The molecule has 0 bridgehead atoms. The molecule has 0 atom stereocenters. The van der Waals surface area contributed by atoms with Gasteiger partial charge in [0.25, 0.3) is 0 Å². The Kier molecular flexibility index (Phi) is 4.37. The lowest BCUT2D eigenvalue weighted by Crippen LogP contribution is -2.52. The highest BCUT2D eigenvalue weighted by molar-refractivity contribution is 6.64. The van der Waals surface area contributed by atoms with Crippen LogP contribution in [0.25, 0.3) is 0 Å². The van der Waals surface area contributed by atoms with Crippen LogP contribution in [-0.4, -0.2) is 43.3 Å². The number of alkyl halides is 3. The standard InChI is InChI=1S/C12H8BF3N2O4/c14-12(15,16)18-6-10(19)21-13(22-11(20)7-18)9-3-1-8(5-17)2-4-9/h1-4H,6-7H2. The molecule has 0 N–H and O–H groups in total. The van der Waals surface area contributed by atoms with Crippen LogP contribution in [0.5, 0.6) is 0 Å². The summed E-state index contributed by atoms with van der Waals surface area (Å²) < 4.78 is 47.2. The summed E-state index contributed by atoms with van der Waals surface area (Å²) in [7, 11) is -1.44. The van der Waals surface area contributed by atoms with Crippen LogP contribution in [-0.2, 0) is 18.9 Å². The molecule has 1 aromatic rings. The molecule has 0 saturated carbocycles. The van der Waals surface area contributed by atoms with Gasteiger partial charge in [-0.3, -0.25) is 9.59 Å². The summed E-state index contributed by atoms with van der Waals surface area (Å²) in [4.78, 5) is 22.7. The van der Waals surface area contributed by atoms with E-state index >= 15 is 0 Å². The van der Waals surface area contributed by atoms with E-state index in [-0.39, 0.29) is 10.4 Å². The van der Waals surface area contributed by atoms with Gasteiger partial charge < -0.3 is 9.31 Å². The first-order valence-electron chi connectivity index (χ1n) is 6.00. The lowest BCUT2D eigenvalue weighted by molar-refractivity contribution is -0.247. The summed E-state index contributed by atoms with van der Waals surface area (Å²) in [6, 6.07) is 7.44. The van der Waals surface area contributed by atoms with Crippen LogP contribution in [0.1, 0.15) is 5.56 Å². The van der Waals surface area contributed by atoms with Crippen LogP contribution >= 0.6 is 0 Å². The van der Waals surface area contributed by atoms with Crippen molar-refractivity contribution in [3.8, 4) is 6.07 Å². The zero-order valence-electron chi connectivity index (χ0n) is 11.0. The molecule has 1 aliphatic rings. The van der Waals surface area contributed by atoms with Gasteiger partial charge in [-0.25, -0.2) is 0 Å². The third kappa shape index (κ3) is 3.76. The summed E-state index contributed by atoms with van der Waals surface area (Å²) in [5.41, 5.74) is 0.566. The second-order valence-corrected chi connectivity index (χ2v) is 4.37. The number of rotatable bonds is 1. The number of carbonyl (C=O) groups is 2. The van der Waals surface area contributed by atoms with Crippen LogP contribution in [0.15, 0.2) is 24.3 Å². The summed E-state index contributed by atoms with van der Waals surface area (Å²) in [5.74, 6) is -2.36. The highest BCUT2D eigenvalue weighted by atomic mass is 19.4. The molecule has 114 valence electrons. The van der Waals surface area contributed by atoms with Crippen LogP contribution in [0.3, 0.4) is 0 Å². The maximum absolute atomic E-state index is 12.6. The largest absolute Gasteiger partial charge is 0.636 e. The Balaban J connectivity index is 2.18. The number of carbonyl (C=O) groups excluding carboxylic acids is 2. The third-order valence-electron chi connectivity index (χ3n) is 2.79. The number of benzene rings is 1. The smallest absolute Gasteiger partial charge is 0.494 e. The predicted molar refractivity (Wildman–Crippen MR) is 66.4 cm³/mol. The van der Waals surface area contributed by atoms with Crippen molar-refractivity contribution in [1.29, 1.82) is 5.26 Å². The van der Waals surface area contributed by atoms with Gasteiger partial charge in [-0.05, 0) is 12.1 Å². The second-order valence-electron chi connectivity index (χ2n) is 4.37. The van der Waals surface area contributed by atoms with Gasteiger partial charge in [0, 0.05) is 5.46 Å². The van der Waals surface area contributed by atoms with Gasteiger partial charge in [0.2, 0.25) is 0 Å². The normalized spacial score (nSPS) is 17.1. The van der Waals surface area contributed by atoms with E-state index in [0.717, 1.165) is 0 Å². The molecule has 1 saturated heterocycles. The van der Waals surface area contributed by atoms with E-state index in [4.69, 9.17) is 14.6 Å². The van der Waals surface area contributed by atoms with Crippen molar-refractivity contribution < 1.29 is 32.1 Å². The summed E-state index contributed by atoms with van der Waals surface area (Å²) >= 11 is 0. The summed E-state index contributed by atoms with van der Waals surface area (Å²) in [6.07, 6.45) is -4.85. The zero-order valence-corrected chi connectivity index (χ0v) is 11.0. The number of halogens is 3. The van der Waals surface area contributed by atoms with E-state index in [1.807, 2.05) is 6.07 Å². The Morgan fingerprint density at radius 2 is 1.59 bits per heavy atom. The molecule has 0 unspecified atom stereocenters. The Hall–Kier alpha value is -2.54. The SMILES string of the molecule is N#Cc1ccc(B2OC(=O)CN(C(F)(F)F)CC(=O)O2)cc1. The van der Waals surface area contributed by atoms with E-state index in [2.05, 4.69) is 0 Å². The van der Waals surface area contributed by atoms with E-state index in [1.54, 1.807) is 0 Å². The van der Waals surface area contributed by atoms with Crippen molar-refractivity contribution in [2.45, 2.75) is 6.30 Å². The van der Waals surface area contributed by atoms with E-state index < -0.39 is 38.4 Å². The van der Waals surface area contributed by atoms with Crippen LogP contribution in [0.4, 0.5) is 13.2 Å². The van der Waals surface area contributed by atoms with E-state index in [1.165, 1.54) is 24.3 Å². The molecule has 1 heterocycles. The number of nitrogens with zero attached hydrogens (tertiary/aromatic N) is 2. The van der Waals surface area contributed by atoms with Gasteiger partial charge in [-0.1, -0.05) is 12.1 Å².